The topological polar surface area (TPSA) is 12.0 Å². The normalized spacial score (nSPS) is 12.2. The number of rotatable bonds is 3. The summed E-state index contributed by atoms with van der Waals surface area (Å²) in [5, 5.41) is 3.16. The van der Waals surface area contributed by atoms with Gasteiger partial charge in [-0.3, -0.25) is 0 Å². The summed E-state index contributed by atoms with van der Waals surface area (Å²) in [6.45, 7) is 7.67. The van der Waals surface area contributed by atoms with E-state index < -0.39 is 0 Å². The van der Waals surface area contributed by atoms with Crippen molar-refractivity contribution in [1.82, 2.24) is 5.32 Å². The molecule has 1 aromatic rings. The molecule has 0 aliphatic heterocycles. The standard InChI is InChI=1S/C11H14FN/c1-8(2)13-9(3)10-4-6-11(12)7-5-10/h4-7,9,13H,1H2,2-3H3/t9-/m1/s1. The Bertz CT molecular complexity index is 289. The Hall–Kier alpha value is -1.31. The summed E-state index contributed by atoms with van der Waals surface area (Å²) in [5.41, 5.74) is 1.97. The van der Waals surface area contributed by atoms with Crippen LogP contribution in [-0.2, 0) is 0 Å². The molecule has 0 saturated carbocycles. The van der Waals surface area contributed by atoms with E-state index in [1.165, 1.54) is 12.1 Å². The molecule has 13 heavy (non-hydrogen) atoms. The number of benzene rings is 1. The average molecular weight is 179 g/mol. The molecule has 1 nitrogen and oxygen atoms in total. The molecule has 0 spiro atoms. The quantitative estimate of drug-likeness (QED) is 0.752. The van der Waals surface area contributed by atoms with Crippen LogP contribution in [0.4, 0.5) is 4.39 Å². The van der Waals surface area contributed by atoms with E-state index in [0.717, 1.165) is 11.3 Å². The second-order valence-electron chi connectivity index (χ2n) is 3.20. The first kappa shape index (κ1) is 9.78. The van der Waals surface area contributed by atoms with Crippen LogP contribution in [0.1, 0.15) is 25.5 Å². The van der Waals surface area contributed by atoms with E-state index in [0.29, 0.717) is 0 Å². The molecule has 1 atom stereocenters. The van der Waals surface area contributed by atoms with Crippen LogP contribution in [0.3, 0.4) is 0 Å². The third-order valence-corrected chi connectivity index (χ3v) is 1.83. The molecule has 0 heterocycles. The van der Waals surface area contributed by atoms with Crippen molar-refractivity contribution in [3.8, 4) is 0 Å². The Morgan fingerprint density at radius 2 is 1.92 bits per heavy atom. The highest BCUT2D eigenvalue weighted by molar-refractivity contribution is 5.20. The van der Waals surface area contributed by atoms with Crippen molar-refractivity contribution >= 4 is 0 Å². The van der Waals surface area contributed by atoms with Crippen LogP contribution >= 0.6 is 0 Å². The number of hydrogen-bond donors (Lipinski definition) is 1. The van der Waals surface area contributed by atoms with Crippen molar-refractivity contribution in [3.63, 3.8) is 0 Å². The van der Waals surface area contributed by atoms with Crippen molar-refractivity contribution < 1.29 is 4.39 Å². The highest BCUT2D eigenvalue weighted by Gasteiger charge is 2.03. The van der Waals surface area contributed by atoms with Crippen LogP contribution in [-0.4, -0.2) is 0 Å². The minimum atomic E-state index is -0.203. The van der Waals surface area contributed by atoms with Crippen LogP contribution in [0, 0.1) is 5.82 Å². The van der Waals surface area contributed by atoms with Gasteiger partial charge in [-0.2, -0.15) is 0 Å². The van der Waals surface area contributed by atoms with E-state index >= 15 is 0 Å². The average Bonchev–Trinajstić information content (AvgIpc) is 2.04. The van der Waals surface area contributed by atoms with Gasteiger partial charge in [0.25, 0.3) is 0 Å². The van der Waals surface area contributed by atoms with E-state index in [1.807, 2.05) is 13.8 Å². The summed E-state index contributed by atoms with van der Waals surface area (Å²) in [4.78, 5) is 0. The van der Waals surface area contributed by atoms with Gasteiger partial charge in [-0.1, -0.05) is 18.7 Å². The zero-order valence-corrected chi connectivity index (χ0v) is 7.97. The van der Waals surface area contributed by atoms with Gasteiger partial charge in [0.2, 0.25) is 0 Å². The molecule has 0 aromatic heterocycles. The lowest BCUT2D eigenvalue weighted by atomic mass is 10.1. The minimum Gasteiger partial charge on any atom is -0.383 e. The molecule has 1 N–H and O–H groups in total. The van der Waals surface area contributed by atoms with Gasteiger partial charge in [0, 0.05) is 11.7 Å². The maximum atomic E-state index is 12.6. The molecule has 0 fully saturated rings. The van der Waals surface area contributed by atoms with Crippen molar-refractivity contribution in [2.24, 2.45) is 0 Å². The van der Waals surface area contributed by atoms with Crippen molar-refractivity contribution in [2.45, 2.75) is 19.9 Å². The lowest BCUT2D eigenvalue weighted by Gasteiger charge is -2.14. The zero-order valence-electron chi connectivity index (χ0n) is 7.97. The summed E-state index contributed by atoms with van der Waals surface area (Å²) in [6, 6.07) is 6.65. The van der Waals surface area contributed by atoms with Crippen LogP contribution in [0.15, 0.2) is 36.5 Å². The fourth-order valence-electron chi connectivity index (χ4n) is 1.20. The number of allylic oxidation sites excluding steroid dienone is 1. The van der Waals surface area contributed by atoms with Gasteiger partial charge in [-0.25, -0.2) is 4.39 Å². The van der Waals surface area contributed by atoms with Crippen molar-refractivity contribution in [1.29, 1.82) is 0 Å². The predicted molar refractivity (Wildman–Crippen MR) is 52.8 cm³/mol. The predicted octanol–water partition coefficient (Wildman–Crippen LogP) is 3.01. The van der Waals surface area contributed by atoms with E-state index in [4.69, 9.17) is 0 Å². The molecule has 0 bridgehead atoms. The van der Waals surface area contributed by atoms with E-state index in [1.54, 1.807) is 12.1 Å². The molecule has 0 unspecified atom stereocenters. The molecule has 0 saturated heterocycles. The van der Waals surface area contributed by atoms with Gasteiger partial charge < -0.3 is 5.32 Å². The summed E-state index contributed by atoms with van der Waals surface area (Å²) < 4.78 is 12.6. The van der Waals surface area contributed by atoms with Gasteiger partial charge in [0.05, 0.1) is 0 Å². The van der Waals surface area contributed by atoms with Crippen LogP contribution in [0.5, 0.6) is 0 Å². The molecule has 0 aliphatic rings. The Morgan fingerprint density at radius 3 is 2.38 bits per heavy atom. The molecule has 0 radical (unpaired) electrons. The third kappa shape index (κ3) is 2.90. The Labute approximate surface area is 78.3 Å². The second kappa shape index (κ2) is 4.08. The van der Waals surface area contributed by atoms with Crippen LogP contribution in [0.2, 0.25) is 0 Å². The Kier molecular flexibility index (Phi) is 3.07. The Morgan fingerprint density at radius 1 is 1.38 bits per heavy atom. The summed E-state index contributed by atoms with van der Waals surface area (Å²) in [7, 11) is 0. The number of halogens is 1. The lowest BCUT2D eigenvalue weighted by Crippen LogP contribution is -2.15. The molecule has 0 amide bonds. The zero-order chi connectivity index (χ0) is 9.84. The fraction of sp³-hybridized carbons (Fsp3) is 0.273. The van der Waals surface area contributed by atoms with Gasteiger partial charge in [-0.15, -0.1) is 0 Å². The smallest absolute Gasteiger partial charge is 0.123 e. The fourth-order valence-corrected chi connectivity index (χ4v) is 1.20. The maximum Gasteiger partial charge on any atom is 0.123 e. The Balaban J connectivity index is 2.71. The van der Waals surface area contributed by atoms with Gasteiger partial charge in [-0.05, 0) is 31.5 Å². The molecule has 1 aromatic carbocycles. The van der Waals surface area contributed by atoms with Crippen molar-refractivity contribution in [2.75, 3.05) is 0 Å². The lowest BCUT2D eigenvalue weighted by molar-refractivity contribution is 0.619. The minimum absolute atomic E-state index is 0.179. The van der Waals surface area contributed by atoms with E-state index in [-0.39, 0.29) is 11.9 Å². The third-order valence-electron chi connectivity index (χ3n) is 1.83. The molecule has 70 valence electrons. The maximum absolute atomic E-state index is 12.6. The van der Waals surface area contributed by atoms with Gasteiger partial charge in [0.15, 0.2) is 0 Å². The monoisotopic (exact) mass is 179 g/mol. The summed E-state index contributed by atoms with van der Waals surface area (Å²) in [6.07, 6.45) is 0. The molecule has 2 heteroatoms. The SMILES string of the molecule is C=C(C)N[C@H](C)c1ccc(F)cc1. The van der Waals surface area contributed by atoms with Crippen molar-refractivity contribution in [3.05, 3.63) is 47.9 Å². The molecular weight excluding hydrogens is 165 g/mol. The highest BCUT2D eigenvalue weighted by atomic mass is 19.1. The first-order valence-corrected chi connectivity index (χ1v) is 4.27. The second-order valence-corrected chi connectivity index (χ2v) is 3.20. The molecular formula is C11H14FN. The van der Waals surface area contributed by atoms with E-state index in [9.17, 15) is 4.39 Å². The summed E-state index contributed by atoms with van der Waals surface area (Å²) >= 11 is 0. The van der Waals surface area contributed by atoms with Gasteiger partial charge in [0.1, 0.15) is 5.82 Å². The first-order chi connectivity index (χ1) is 6.09. The molecule has 1 rings (SSSR count). The van der Waals surface area contributed by atoms with Crippen LogP contribution < -0.4 is 5.32 Å². The van der Waals surface area contributed by atoms with Gasteiger partial charge >= 0.3 is 0 Å². The van der Waals surface area contributed by atoms with E-state index in [2.05, 4.69) is 11.9 Å². The number of hydrogen-bond acceptors (Lipinski definition) is 1. The highest BCUT2D eigenvalue weighted by Crippen LogP contribution is 2.13. The largest absolute Gasteiger partial charge is 0.383 e. The number of nitrogens with one attached hydrogen (secondary N) is 1. The first-order valence-electron chi connectivity index (χ1n) is 4.27. The molecule has 0 aliphatic carbocycles. The summed E-state index contributed by atoms with van der Waals surface area (Å²) in [5.74, 6) is -0.203. The van der Waals surface area contributed by atoms with Crippen LogP contribution in [0.25, 0.3) is 0 Å².